The van der Waals surface area contributed by atoms with Crippen LogP contribution >= 0.6 is 11.6 Å². The van der Waals surface area contributed by atoms with Crippen LogP contribution in [-0.4, -0.2) is 28.3 Å². The minimum absolute atomic E-state index is 0.198. The zero-order valence-corrected chi connectivity index (χ0v) is 13.8. The number of nitrogens with one attached hydrogen (secondary N) is 1. The standard InChI is InChI=1S/C17H16ClN5O/c1-12-14(11-20-21-17(24)15-9-5-6-10-19-15)16(18)23(22-12)13-7-3-2-4-8-13/h2-11,14,16H,1H3,(H,21,24)/b20-11+. The van der Waals surface area contributed by atoms with E-state index in [4.69, 9.17) is 11.6 Å². The SMILES string of the molecule is CC1=NN(c2ccccc2)C(Cl)C1/C=N/NC(=O)c1ccccn1. The molecule has 2 unspecified atom stereocenters. The Morgan fingerprint density at radius 2 is 2.00 bits per heavy atom. The van der Waals surface area contributed by atoms with Crippen LogP contribution in [0.15, 0.2) is 64.9 Å². The quantitative estimate of drug-likeness (QED) is 0.402. The van der Waals surface area contributed by atoms with Crippen LogP contribution in [-0.2, 0) is 0 Å². The number of anilines is 1. The summed E-state index contributed by atoms with van der Waals surface area (Å²) >= 11 is 6.50. The van der Waals surface area contributed by atoms with Crippen molar-refractivity contribution in [1.29, 1.82) is 0 Å². The maximum Gasteiger partial charge on any atom is 0.289 e. The van der Waals surface area contributed by atoms with Gasteiger partial charge in [-0.25, -0.2) is 10.4 Å². The van der Waals surface area contributed by atoms with Crippen molar-refractivity contribution in [2.75, 3.05) is 5.01 Å². The van der Waals surface area contributed by atoms with Crippen molar-refractivity contribution < 1.29 is 4.79 Å². The Morgan fingerprint density at radius 3 is 2.71 bits per heavy atom. The summed E-state index contributed by atoms with van der Waals surface area (Å²) in [4.78, 5) is 15.9. The molecule has 0 saturated carbocycles. The van der Waals surface area contributed by atoms with Crippen molar-refractivity contribution in [2.24, 2.45) is 16.1 Å². The van der Waals surface area contributed by atoms with Gasteiger partial charge in [0.05, 0.1) is 11.6 Å². The van der Waals surface area contributed by atoms with Gasteiger partial charge in [0.2, 0.25) is 0 Å². The second-order valence-electron chi connectivity index (χ2n) is 5.25. The van der Waals surface area contributed by atoms with E-state index in [-0.39, 0.29) is 11.8 Å². The molecule has 0 spiro atoms. The number of hydrazone groups is 2. The van der Waals surface area contributed by atoms with Crippen LogP contribution in [0.3, 0.4) is 0 Å². The van der Waals surface area contributed by atoms with Crippen LogP contribution in [0.5, 0.6) is 0 Å². The molecule has 0 aliphatic carbocycles. The Balaban J connectivity index is 1.65. The number of aromatic nitrogens is 1. The molecular formula is C17H16ClN5O. The van der Waals surface area contributed by atoms with E-state index in [0.717, 1.165) is 11.4 Å². The van der Waals surface area contributed by atoms with E-state index in [1.165, 1.54) is 0 Å². The number of hydrogen-bond donors (Lipinski definition) is 1. The molecule has 0 bridgehead atoms. The molecule has 122 valence electrons. The first-order valence-electron chi connectivity index (χ1n) is 7.45. The number of benzene rings is 1. The molecule has 0 fully saturated rings. The lowest BCUT2D eigenvalue weighted by Gasteiger charge is -2.20. The van der Waals surface area contributed by atoms with Gasteiger partial charge in [0, 0.05) is 18.1 Å². The molecule has 24 heavy (non-hydrogen) atoms. The molecule has 2 heterocycles. The van der Waals surface area contributed by atoms with Crippen LogP contribution in [0, 0.1) is 5.92 Å². The second kappa shape index (κ2) is 7.23. The van der Waals surface area contributed by atoms with E-state index in [2.05, 4.69) is 20.6 Å². The number of pyridine rings is 1. The van der Waals surface area contributed by atoms with Crippen LogP contribution < -0.4 is 10.4 Å². The van der Waals surface area contributed by atoms with Gasteiger partial charge in [-0.05, 0) is 31.2 Å². The number of rotatable bonds is 4. The lowest BCUT2D eigenvalue weighted by Crippen LogP contribution is -2.29. The minimum Gasteiger partial charge on any atom is -0.266 e. The molecule has 7 heteroatoms. The lowest BCUT2D eigenvalue weighted by molar-refractivity contribution is 0.0950. The summed E-state index contributed by atoms with van der Waals surface area (Å²) in [5, 5.41) is 10.2. The van der Waals surface area contributed by atoms with Gasteiger partial charge in [-0.1, -0.05) is 35.9 Å². The molecule has 1 N–H and O–H groups in total. The summed E-state index contributed by atoms with van der Waals surface area (Å²) in [6.45, 7) is 1.88. The average Bonchev–Trinajstić information content (AvgIpc) is 2.91. The summed E-state index contributed by atoms with van der Waals surface area (Å²) in [5.74, 6) is -0.568. The Kier molecular flexibility index (Phi) is 4.86. The summed E-state index contributed by atoms with van der Waals surface area (Å²) in [7, 11) is 0. The van der Waals surface area contributed by atoms with E-state index < -0.39 is 5.50 Å². The van der Waals surface area contributed by atoms with Crippen molar-refractivity contribution in [3.8, 4) is 0 Å². The summed E-state index contributed by atoms with van der Waals surface area (Å²) in [5.41, 5.74) is 4.10. The van der Waals surface area contributed by atoms with Crippen molar-refractivity contribution in [1.82, 2.24) is 10.4 Å². The molecule has 6 nitrogen and oxygen atoms in total. The average molecular weight is 342 g/mol. The zero-order chi connectivity index (χ0) is 16.9. The minimum atomic E-state index is -0.400. The molecule has 1 aliphatic rings. The van der Waals surface area contributed by atoms with Crippen molar-refractivity contribution >= 4 is 35.1 Å². The Labute approximate surface area is 144 Å². The van der Waals surface area contributed by atoms with Gasteiger partial charge in [0.1, 0.15) is 11.2 Å². The predicted octanol–water partition coefficient (Wildman–Crippen LogP) is 2.87. The number of para-hydroxylation sites is 1. The van der Waals surface area contributed by atoms with Gasteiger partial charge >= 0.3 is 0 Å². The first-order chi connectivity index (χ1) is 11.7. The monoisotopic (exact) mass is 341 g/mol. The molecule has 2 atom stereocenters. The van der Waals surface area contributed by atoms with Crippen molar-refractivity contribution in [3.63, 3.8) is 0 Å². The summed E-state index contributed by atoms with van der Waals surface area (Å²) in [6.07, 6.45) is 3.15. The van der Waals surface area contributed by atoms with Crippen molar-refractivity contribution in [3.05, 3.63) is 60.4 Å². The number of halogens is 1. The molecular weight excluding hydrogens is 326 g/mol. The van der Waals surface area contributed by atoms with Crippen molar-refractivity contribution in [2.45, 2.75) is 12.4 Å². The van der Waals surface area contributed by atoms with Gasteiger partial charge in [0.15, 0.2) is 0 Å². The maximum atomic E-state index is 11.9. The lowest BCUT2D eigenvalue weighted by atomic mass is 10.1. The Morgan fingerprint density at radius 1 is 1.25 bits per heavy atom. The maximum absolute atomic E-state index is 11.9. The highest BCUT2D eigenvalue weighted by atomic mass is 35.5. The largest absolute Gasteiger partial charge is 0.289 e. The van der Waals surface area contributed by atoms with E-state index in [1.807, 2.05) is 37.3 Å². The van der Waals surface area contributed by atoms with Crippen LogP contribution in [0.25, 0.3) is 0 Å². The molecule has 3 rings (SSSR count). The normalized spacial score (nSPS) is 20.2. The molecule has 1 aromatic heterocycles. The summed E-state index contributed by atoms with van der Waals surface area (Å²) in [6, 6.07) is 14.8. The van der Waals surface area contributed by atoms with E-state index in [0.29, 0.717) is 5.69 Å². The Bertz CT molecular complexity index is 763. The third-order valence-corrected chi connectivity index (χ3v) is 4.05. The van der Waals surface area contributed by atoms with E-state index in [1.54, 1.807) is 35.6 Å². The highest BCUT2D eigenvalue weighted by molar-refractivity contribution is 6.26. The van der Waals surface area contributed by atoms with Gasteiger partial charge in [-0.15, -0.1) is 0 Å². The number of nitrogens with zero attached hydrogens (tertiary/aromatic N) is 4. The third kappa shape index (κ3) is 3.44. The molecule has 0 saturated heterocycles. The molecule has 1 aliphatic heterocycles. The predicted molar refractivity (Wildman–Crippen MR) is 95.4 cm³/mol. The van der Waals surface area contributed by atoms with E-state index >= 15 is 0 Å². The fourth-order valence-electron chi connectivity index (χ4n) is 2.33. The Hall–Kier alpha value is -2.73. The topological polar surface area (TPSA) is 70.0 Å². The highest BCUT2D eigenvalue weighted by Gasteiger charge is 2.33. The first-order valence-corrected chi connectivity index (χ1v) is 7.88. The molecule has 1 amide bonds. The smallest absolute Gasteiger partial charge is 0.266 e. The number of carbonyl (C=O) groups is 1. The molecule has 0 radical (unpaired) electrons. The molecule has 1 aromatic carbocycles. The van der Waals surface area contributed by atoms with Crippen LogP contribution in [0.4, 0.5) is 5.69 Å². The number of hydrogen-bond acceptors (Lipinski definition) is 5. The van der Waals surface area contributed by atoms with E-state index in [9.17, 15) is 4.79 Å². The van der Waals surface area contributed by atoms with Crippen LogP contribution in [0.2, 0.25) is 0 Å². The summed E-state index contributed by atoms with van der Waals surface area (Å²) < 4.78 is 0. The number of alkyl halides is 1. The molecule has 2 aromatic rings. The fraction of sp³-hybridized carbons (Fsp3) is 0.176. The first kappa shape index (κ1) is 16.1. The van der Waals surface area contributed by atoms with Gasteiger partial charge in [-0.3, -0.25) is 9.78 Å². The third-order valence-electron chi connectivity index (χ3n) is 3.60. The van der Waals surface area contributed by atoms with Crippen LogP contribution in [0.1, 0.15) is 17.4 Å². The number of carbonyl (C=O) groups excluding carboxylic acids is 1. The van der Waals surface area contributed by atoms with Gasteiger partial charge in [-0.2, -0.15) is 10.2 Å². The van der Waals surface area contributed by atoms with Gasteiger partial charge in [0.25, 0.3) is 5.91 Å². The highest BCUT2D eigenvalue weighted by Crippen LogP contribution is 2.29. The van der Waals surface area contributed by atoms with Gasteiger partial charge < -0.3 is 0 Å². The fourth-order valence-corrected chi connectivity index (χ4v) is 2.74. The second-order valence-corrected chi connectivity index (χ2v) is 5.70. The zero-order valence-electron chi connectivity index (χ0n) is 13.0. The number of amides is 1.